The Kier molecular flexibility index (Phi) is 7.36. The van der Waals surface area contributed by atoms with Gasteiger partial charge in [0.15, 0.2) is 0 Å². The summed E-state index contributed by atoms with van der Waals surface area (Å²) in [6.45, 7) is 4.47. The quantitative estimate of drug-likeness (QED) is 0.397. The third-order valence-corrected chi connectivity index (χ3v) is 6.99. The number of nitro benzene ring substituents is 1. The lowest BCUT2D eigenvalue weighted by atomic mass is 9.94. The Morgan fingerprint density at radius 1 is 1.39 bits per heavy atom. The largest absolute Gasteiger partial charge is 0.495 e. The Hall–Kier alpha value is -2.20. The van der Waals surface area contributed by atoms with Gasteiger partial charge in [0.25, 0.3) is 5.69 Å². The second-order valence-electron chi connectivity index (χ2n) is 6.93. The van der Waals surface area contributed by atoms with Crippen molar-refractivity contribution >= 4 is 21.6 Å². The number of rotatable bonds is 8. The molecule has 2 atom stereocenters. The van der Waals surface area contributed by atoms with E-state index in [1.165, 1.54) is 17.5 Å². The van der Waals surface area contributed by atoms with Gasteiger partial charge < -0.3 is 10.1 Å². The first-order valence-corrected chi connectivity index (χ1v) is 10.8. The number of nitro groups is 1. The van der Waals surface area contributed by atoms with Gasteiger partial charge in [-0.2, -0.15) is 4.31 Å². The van der Waals surface area contributed by atoms with Crippen LogP contribution >= 0.6 is 0 Å². The zero-order valence-electron chi connectivity index (χ0n) is 16.4. The van der Waals surface area contributed by atoms with E-state index in [0.29, 0.717) is 19.4 Å². The number of hydrogen-bond acceptors (Lipinski definition) is 6. The standard InChI is InChI=1S/C18H27N3O6S/c1-4-5-10-19-18(22)14-7-6-13(2)20(12-14)28(25,26)17-9-8-15(21(23)24)11-16(17)27-3/h8-9,11,13-14H,4-7,10,12H2,1-3H3,(H,19,22). The normalized spacial score (nSPS) is 20.5. The van der Waals surface area contributed by atoms with E-state index in [-0.39, 0.29) is 34.8 Å². The van der Waals surface area contributed by atoms with Gasteiger partial charge in [0.1, 0.15) is 10.6 Å². The molecular weight excluding hydrogens is 386 g/mol. The van der Waals surface area contributed by atoms with E-state index < -0.39 is 20.9 Å². The van der Waals surface area contributed by atoms with Crippen molar-refractivity contribution in [2.45, 2.75) is 50.5 Å². The van der Waals surface area contributed by atoms with Crippen molar-refractivity contribution < 1.29 is 22.9 Å². The number of sulfonamides is 1. The first-order chi connectivity index (χ1) is 13.2. The molecule has 9 nitrogen and oxygen atoms in total. The van der Waals surface area contributed by atoms with E-state index in [9.17, 15) is 23.3 Å². The van der Waals surface area contributed by atoms with Gasteiger partial charge in [0, 0.05) is 25.2 Å². The summed E-state index contributed by atoms with van der Waals surface area (Å²) in [6, 6.07) is 3.13. The van der Waals surface area contributed by atoms with Gasteiger partial charge in [-0.25, -0.2) is 8.42 Å². The number of benzene rings is 1. The first-order valence-electron chi connectivity index (χ1n) is 9.34. The fourth-order valence-corrected chi connectivity index (χ4v) is 5.11. The molecule has 1 saturated heterocycles. The molecule has 156 valence electrons. The third-order valence-electron chi connectivity index (χ3n) is 4.97. The number of ether oxygens (including phenoxy) is 1. The van der Waals surface area contributed by atoms with Crippen LogP contribution in [0, 0.1) is 16.0 Å². The zero-order chi connectivity index (χ0) is 20.9. The summed E-state index contributed by atoms with van der Waals surface area (Å²) in [7, 11) is -2.72. The number of non-ortho nitro benzene ring substituents is 1. The molecule has 10 heteroatoms. The maximum Gasteiger partial charge on any atom is 0.273 e. The minimum Gasteiger partial charge on any atom is -0.495 e. The molecule has 2 rings (SSSR count). The van der Waals surface area contributed by atoms with Gasteiger partial charge in [-0.3, -0.25) is 14.9 Å². The Bertz CT molecular complexity index is 827. The molecule has 1 aliphatic heterocycles. The Balaban J connectivity index is 2.28. The number of carbonyl (C=O) groups is 1. The van der Waals surface area contributed by atoms with E-state index in [4.69, 9.17) is 4.74 Å². The smallest absolute Gasteiger partial charge is 0.273 e. The zero-order valence-corrected chi connectivity index (χ0v) is 17.2. The molecule has 0 saturated carbocycles. The number of nitrogens with zero attached hydrogens (tertiary/aromatic N) is 2. The molecule has 0 spiro atoms. The highest BCUT2D eigenvalue weighted by Crippen LogP contribution is 2.34. The fourth-order valence-electron chi connectivity index (χ4n) is 3.27. The number of methoxy groups -OCH3 is 1. The van der Waals surface area contributed by atoms with Crippen LogP contribution in [0.1, 0.15) is 39.5 Å². The van der Waals surface area contributed by atoms with Gasteiger partial charge in [-0.15, -0.1) is 0 Å². The van der Waals surface area contributed by atoms with E-state index in [2.05, 4.69) is 5.32 Å². The summed E-state index contributed by atoms with van der Waals surface area (Å²) in [5.41, 5.74) is -0.254. The highest BCUT2D eigenvalue weighted by molar-refractivity contribution is 7.89. The van der Waals surface area contributed by atoms with E-state index >= 15 is 0 Å². The molecule has 0 aliphatic carbocycles. The predicted octanol–water partition coefficient (Wildman–Crippen LogP) is 2.31. The number of piperidine rings is 1. The molecule has 0 radical (unpaired) electrons. The lowest BCUT2D eigenvalue weighted by Crippen LogP contribution is -2.49. The maximum absolute atomic E-state index is 13.2. The Morgan fingerprint density at radius 2 is 2.11 bits per heavy atom. The summed E-state index contributed by atoms with van der Waals surface area (Å²) in [5, 5.41) is 13.8. The Labute approximate surface area is 165 Å². The molecule has 0 bridgehead atoms. The molecule has 28 heavy (non-hydrogen) atoms. The molecule has 1 aliphatic rings. The number of amides is 1. The van der Waals surface area contributed by atoms with Crippen LogP contribution in [0.25, 0.3) is 0 Å². The number of unbranched alkanes of at least 4 members (excludes halogenated alkanes) is 1. The second-order valence-corrected chi connectivity index (χ2v) is 8.79. The monoisotopic (exact) mass is 413 g/mol. The van der Waals surface area contributed by atoms with Crippen LogP contribution in [0.4, 0.5) is 5.69 Å². The summed E-state index contributed by atoms with van der Waals surface area (Å²) in [6.07, 6.45) is 3.00. The second kappa shape index (κ2) is 9.33. The number of nitrogens with one attached hydrogen (secondary N) is 1. The maximum atomic E-state index is 13.2. The van der Waals surface area contributed by atoms with Gasteiger partial charge in [-0.05, 0) is 32.3 Å². The molecular formula is C18H27N3O6S. The summed E-state index contributed by atoms with van der Waals surface area (Å²) < 4.78 is 32.9. The van der Waals surface area contributed by atoms with Crippen molar-refractivity contribution in [3.05, 3.63) is 28.3 Å². The van der Waals surface area contributed by atoms with Crippen molar-refractivity contribution in [1.82, 2.24) is 9.62 Å². The van der Waals surface area contributed by atoms with Gasteiger partial charge in [0.05, 0.1) is 24.0 Å². The van der Waals surface area contributed by atoms with Crippen LogP contribution in [0.2, 0.25) is 0 Å². The van der Waals surface area contributed by atoms with Crippen LogP contribution in [-0.2, 0) is 14.8 Å². The summed E-state index contributed by atoms with van der Waals surface area (Å²) in [5.74, 6) is -0.654. The lowest BCUT2D eigenvalue weighted by molar-refractivity contribution is -0.385. The summed E-state index contributed by atoms with van der Waals surface area (Å²) >= 11 is 0. The molecule has 1 aromatic rings. The van der Waals surface area contributed by atoms with Crippen LogP contribution in [0.3, 0.4) is 0 Å². The van der Waals surface area contributed by atoms with Crippen molar-refractivity contribution in [2.75, 3.05) is 20.2 Å². The molecule has 1 heterocycles. The Morgan fingerprint density at radius 3 is 2.71 bits per heavy atom. The van der Waals surface area contributed by atoms with Gasteiger partial charge >= 0.3 is 0 Å². The minimum atomic E-state index is -3.98. The average molecular weight is 413 g/mol. The average Bonchev–Trinajstić information content (AvgIpc) is 2.67. The van der Waals surface area contributed by atoms with Crippen LogP contribution in [0.15, 0.2) is 23.1 Å². The van der Waals surface area contributed by atoms with Crippen molar-refractivity contribution in [3.63, 3.8) is 0 Å². The summed E-state index contributed by atoms with van der Waals surface area (Å²) in [4.78, 5) is 22.6. The SMILES string of the molecule is CCCCNC(=O)C1CCC(C)N(S(=O)(=O)c2ccc([N+](=O)[O-])cc2OC)C1. The van der Waals surface area contributed by atoms with Crippen LogP contribution < -0.4 is 10.1 Å². The van der Waals surface area contributed by atoms with Crippen molar-refractivity contribution in [3.8, 4) is 5.75 Å². The van der Waals surface area contributed by atoms with Crippen molar-refractivity contribution in [1.29, 1.82) is 0 Å². The molecule has 2 unspecified atom stereocenters. The topological polar surface area (TPSA) is 119 Å². The minimum absolute atomic E-state index is 0.0710. The number of hydrogen-bond donors (Lipinski definition) is 1. The molecule has 1 aromatic carbocycles. The van der Waals surface area contributed by atoms with Gasteiger partial charge in [0.2, 0.25) is 15.9 Å². The fraction of sp³-hybridized carbons (Fsp3) is 0.611. The third kappa shape index (κ3) is 4.79. The number of carbonyl (C=O) groups excluding carboxylic acids is 1. The molecule has 0 aromatic heterocycles. The highest BCUT2D eigenvalue weighted by atomic mass is 32.2. The lowest BCUT2D eigenvalue weighted by Gasteiger charge is -2.36. The van der Waals surface area contributed by atoms with Crippen LogP contribution in [-0.4, -0.2) is 49.8 Å². The van der Waals surface area contributed by atoms with Gasteiger partial charge in [-0.1, -0.05) is 13.3 Å². The first kappa shape index (κ1) is 22.1. The molecule has 1 N–H and O–H groups in total. The molecule has 1 amide bonds. The molecule has 1 fully saturated rings. The van der Waals surface area contributed by atoms with E-state index in [1.54, 1.807) is 6.92 Å². The predicted molar refractivity (Wildman–Crippen MR) is 104 cm³/mol. The van der Waals surface area contributed by atoms with E-state index in [0.717, 1.165) is 25.0 Å². The van der Waals surface area contributed by atoms with Crippen molar-refractivity contribution in [2.24, 2.45) is 5.92 Å². The highest BCUT2D eigenvalue weighted by Gasteiger charge is 2.38. The van der Waals surface area contributed by atoms with Crippen LogP contribution in [0.5, 0.6) is 5.75 Å². The van der Waals surface area contributed by atoms with E-state index in [1.807, 2.05) is 6.92 Å².